The number of methoxy groups -OCH3 is 1. The van der Waals surface area contributed by atoms with Crippen molar-refractivity contribution < 1.29 is 18.4 Å². The quantitative estimate of drug-likeness (QED) is 0.615. The van der Waals surface area contributed by atoms with Gasteiger partial charge in [-0.2, -0.15) is 0 Å². The molecule has 1 aliphatic heterocycles. The molecule has 1 saturated heterocycles. The van der Waals surface area contributed by atoms with E-state index in [2.05, 4.69) is 0 Å². The van der Waals surface area contributed by atoms with Crippen molar-refractivity contribution >= 4 is 11.4 Å². The predicted octanol–water partition coefficient (Wildman–Crippen LogP) is 2.10. The summed E-state index contributed by atoms with van der Waals surface area (Å²) in [6.07, 6.45) is 0. The molecule has 0 aliphatic carbocycles. The number of ether oxygens (including phenoxy) is 1. The van der Waals surface area contributed by atoms with Crippen LogP contribution < -0.4 is 4.90 Å². The van der Waals surface area contributed by atoms with Crippen molar-refractivity contribution in [2.75, 3.05) is 25.1 Å². The Kier molecular flexibility index (Phi) is 2.94. The fraction of sp³-hybridized carbons (Fsp3) is 0.455. The van der Waals surface area contributed by atoms with Crippen LogP contribution in [-0.2, 0) is 4.74 Å². The second kappa shape index (κ2) is 4.16. The van der Waals surface area contributed by atoms with E-state index in [0.29, 0.717) is 13.1 Å². The molecule has 0 radical (unpaired) electrons. The number of nitro groups is 1. The Hall–Kier alpha value is -1.76. The zero-order valence-corrected chi connectivity index (χ0v) is 9.94. The minimum Gasteiger partial charge on any atom is -0.375 e. The molecule has 5 nitrogen and oxygen atoms in total. The van der Waals surface area contributed by atoms with Crippen molar-refractivity contribution in [1.82, 2.24) is 0 Å². The molecule has 0 atom stereocenters. The molecule has 0 aromatic heterocycles. The summed E-state index contributed by atoms with van der Waals surface area (Å²) in [5.74, 6) is -1.86. The Labute approximate surface area is 102 Å². The topological polar surface area (TPSA) is 55.6 Å². The highest BCUT2D eigenvalue weighted by Gasteiger charge is 2.41. The van der Waals surface area contributed by atoms with E-state index in [9.17, 15) is 18.9 Å². The molecule has 1 aliphatic rings. The first-order valence-corrected chi connectivity index (χ1v) is 5.30. The maximum atomic E-state index is 13.7. The van der Waals surface area contributed by atoms with E-state index in [1.165, 1.54) is 12.0 Å². The van der Waals surface area contributed by atoms with Crippen LogP contribution in [0.25, 0.3) is 0 Å². The van der Waals surface area contributed by atoms with E-state index in [1.54, 1.807) is 0 Å². The second-order valence-electron chi connectivity index (χ2n) is 4.53. The van der Waals surface area contributed by atoms with Gasteiger partial charge < -0.3 is 9.64 Å². The van der Waals surface area contributed by atoms with Crippen LogP contribution in [0.15, 0.2) is 12.1 Å². The summed E-state index contributed by atoms with van der Waals surface area (Å²) in [7, 11) is 1.53. The Morgan fingerprint density at radius 1 is 1.39 bits per heavy atom. The maximum absolute atomic E-state index is 13.7. The lowest BCUT2D eigenvalue weighted by molar-refractivity contribution is -0.385. The molecule has 2 rings (SSSR count). The van der Waals surface area contributed by atoms with Crippen molar-refractivity contribution in [3.8, 4) is 0 Å². The molecule has 0 spiro atoms. The summed E-state index contributed by atoms with van der Waals surface area (Å²) in [6.45, 7) is 2.51. The van der Waals surface area contributed by atoms with E-state index in [1.807, 2.05) is 6.92 Å². The lowest BCUT2D eigenvalue weighted by Gasteiger charge is -2.48. The molecule has 0 saturated carbocycles. The molecule has 0 bridgehead atoms. The van der Waals surface area contributed by atoms with Crippen LogP contribution in [0, 0.1) is 21.7 Å². The molecule has 7 heteroatoms. The van der Waals surface area contributed by atoms with Crippen molar-refractivity contribution in [1.29, 1.82) is 0 Å². The molecule has 0 unspecified atom stereocenters. The third-order valence-electron chi connectivity index (χ3n) is 3.07. The van der Waals surface area contributed by atoms with Gasteiger partial charge in [-0.1, -0.05) is 0 Å². The highest BCUT2D eigenvalue weighted by Crippen LogP contribution is 2.35. The first kappa shape index (κ1) is 12.7. The summed E-state index contributed by atoms with van der Waals surface area (Å²) in [5, 5.41) is 10.5. The number of halogens is 2. The van der Waals surface area contributed by atoms with Gasteiger partial charge in [0, 0.05) is 20.2 Å². The summed E-state index contributed by atoms with van der Waals surface area (Å²) in [6, 6.07) is 1.45. The minimum absolute atomic E-state index is 0.241. The molecular formula is C11H12F2N2O3. The Morgan fingerprint density at radius 2 is 1.89 bits per heavy atom. The number of nitrogens with zero attached hydrogens (tertiary/aromatic N) is 2. The second-order valence-corrected chi connectivity index (χ2v) is 4.53. The summed E-state index contributed by atoms with van der Waals surface area (Å²) >= 11 is 0. The number of hydrogen-bond acceptors (Lipinski definition) is 4. The number of non-ortho nitro benzene ring substituents is 1. The van der Waals surface area contributed by atoms with Crippen molar-refractivity contribution in [2.45, 2.75) is 12.5 Å². The average molecular weight is 258 g/mol. The van der Waals surface area contributed by atoms with Crippen molar-refractivity contribution in [3.05, 3.63) is 33.9 Å². The largest absolute Gasteiger partial charge is 0.375 e. The minimum atomic E-state index is -0.931. The Balaban J connectivity index is 2.28. The van der Waals surface area contributed by atoms with Crippen LogP contribution in [0.2, 0.25) is 0 Å². The fourth-order valence-electron chi connectivity index (χ4n) is 2.01. The summed E-state index contributed by atoms with van der Waals surface area (Å²) in [4.78, 5) is 11.1. The van der Waals surface area contributed by atoms with E-state index >= 15 is 0 Å². The van der Waals surface area contributed by atoms with Gasteiger partial charge in [0.25, 0.3) is 5.69 Å². The first-order valence-electron chi connectivity index (χ1n) is 5.30. The third-order valence-corrected chi connectivity index (χ3v) is 3.07. The van der Waals surface area contributed by atoms with Gasteiger partial charge in [-0.15, -0.1) is 0 Å². The number of rotatable bonds is 3. The molecule has 1 heterocycles. The predicted molar refractivity (Wildman–Crippen MR) is 60.6 cm³/mol. The first-order chi connectivity index (χ1) is 8.36. The molecule has 1 fully saturated rings. The van der Waals surface area contributed by atoms with E-state index in [4.69, 9.17) is 4.74 Å². The lowest BCUT2D eigenvalue weighted by Crippen LogP contribution is -2.61. The molecule has 0 N–H and O–H groups in total. The van der Waals surface area contributed by atoms with E-state index in [-0.39, 0.29) is 5.69 Å². The van der Waals surface area contributed by atoms with E-state index in [0.717, 1.165) is 12.1 Å². The molecular weight excluding hydrogens is 246 g/mol. The van der Waals surface area contributed by atoms with Crippen LogP contribution in [0.3, 0.4) is 0 Å². The molecule has 1 aromatic rings. The Bertz CT molecular complexity index is 478. The van der Waals surface area contributed by atoms with Gasteiger partial charge >= 0.3 is 0 Å². The third kappa shape index (κ3) is 2.01. The standard InChI is InChI=1S/C11H12F2N2O3/c1-11(18-2)5-14(6-11)10-8(12)3-7(15(16)17)4-9(10)13/h3-4H,5-6H2,1-2H3. The monoisotopic (exact) mass is 258 g/mol. The average Bonchev–Trinajstić information content (AvgIpc) is 2.25. The normalized spacial score (nSPS) is 17.4. The molecule has 18 heavy (non-hydrogen) atoms. The zero-order valence-electron chi connectivity index (χ0n) is 9.94. The van der Waals surface area contributed by atoms with Crippen LogP contribution in [-0.4, -0.2) is 30.7 Å². The number of hydrogen-bond donors (Lipinski definition) is 0. The number of benzene rings is 1. The maximum Gasteiger partial charge on any atom is 0.275 e. The number of anilines is 1. The molecule has 0 amide bonds. The van der Waals surface area contributed by atoms with Gasteiger partial charge in [0.1, 0.15) is 5.69 Å². The van der Waals surface area contributed by atoms with Crippen LogP contribution in [0.4, 0.5) is 20.2 Å². The highest BCUT2D eigenvalue weighted by molar-refractivity contribution is 5.56. The van der Waals surface area contributed by atoms with Crippen molar-refractivity contribution in [2.24, 2.45) is 0 Å². The van der Waals surface area contributed by atoms with Gasteiger partial charge in [-0.3, -0.25) is 10.1 Å². The fourth-order valence-corrected chi connectivity index (χ4v) is 2.01. The SMILES string of the molecule is COC1(C)CN(c2c(F)cc([N+](=O)[O-])cc2F)C1. The van der Waals surface area contributed by atoms with Crippen LogP contribution in [0.1, 0.15) is 6.92 Å². The van der Waals surface area contributed by atoms with Gasteiger partial charge in [-0.05, 0) is 6.92 Å². The smallest absolute Gasteiger partial charge is 0.275 e. The van der Waals surface area contributed by atoms with Crippen molar-refractivity contribution in [3.63, 3.8) is 0 Å². The van der Waals surface area contributed by atoms with Crippen LogP contribution >= 0.6 is 0 Å². The molecule has 1 aromatic carbocycles. The Morgan fingerprint density at radius 3 is 2.28 bits per heavy atom. The van der Waals surface area contributed by atoms with Gasteiger partial charge in [-0.25, -0.2) is 8.78 Å². The zero-order chi connectivity index (χ0) is 13.5. The van der Waals surface area contributed by atoms with E-state index < -0.39 is 27.8 Å². The summed E-state index contributed by atoms with van der Waals surface area (Å²) < 4.78 is 32.5. The van der Waals surface area contributed by atoms with Crippen LogP contribution in [0.5, 0.6) is 0 Å². The van der Waals surface area contributed by atoms with Gasteiger partial charge in [0.15, 0.2) is 11.6 Å². The molecule has 98 valence electrons. The number of nitro benzene ring substituents is 1. The lowest BCUT2D eigenvalue weighted by atomic mass is 9.95. The van der Waals surface area contributed by atoms with Gasteiger partial charge in [0.05, 0.1) is 22.7 Å². The summed E-state index contributed by atoms with van der Waals surface area (Å²) in [5.41, 5.74) is -1.26. The van der Waals surface area contributed by atoms with Gasteiger partial charge in [0.2, 0.25) is 0 Å². The highest BCUT2D eigenvalue weighted by atomic mass is 19.1.